The minimum absolute atomic E-state index is 0.143. The van der Waals surface area contributed by atoms with Gasteiger partial charge in [0.15, 0.2) is 0 Å². The zero-order chi connectivity index (χ0) is 16.3. The summed E-state index contributed by atoms with van der Waals surface area (Å²) in [6.45, 7) is 6.06. The number of hydrogen-bond acceptors (Lipinski definition) is 5. The predicted molar refractivity (Wildman–Crippen MR) is 90.8 cm³/mol. The van der Waals surface area contributed by atoms with E-state index in [2.05, 4.69) is 4.98 Å². The Balaban J connectivity index is 0.000000847. The molecule has 5 nitrogen and oxygen atoms in total. The van der Waals surface area contributed by atoms with Gasteiger partial charge >= 0.3 is 5.97 Å². The first-order valence-electron chi connectivity index (χ1n) is 7.74. The summed E-state index contributed by atoms with van der Waals surface area (Å²) in [6, 6.07) is 1.62. The van der Waals surface area contributed by atoms with E-state index in [1.54, 1.807) is 13.0 Å². The number of carbonyl (C=O) groups excluding carboxylic acids is 1. The van der Waals surface area contributed by atoms with Gasteiger partial charge in [0.05, 0.1) is 12.3 Å². The Bertz CT molecular complexity index is 729. The Morgan fingerprint density at radius 2 is 2.14 bits per heavy atom. The summed E-state index contributed by atoms with van der Waals surface area (Å²) in [5.74, 6) is -0.0432. The number of nitrogens with one attached hydrogen (secondary N) is 1. The monoisotopic (exact) mass is 322 g/mol. The highest BCUT2D eigenvalue weighted by molar-refractivity contribution is 7.21. The number of anilines is 1. The van der Waals surface area contributed by atoms with Crippen molar-refractivity contribution in [3.8, 4) is 0 Å². The van der Waals surface area contributed by atoms with E-state index >= 15 is 0 Å². The molecule has 0 aliphatic heterocycles. The number of aromatic amines is 1. The highest BCUT2D eigenvalue weighted by atomic mass is 32.1. The molecule has 2 aromatic rings. The first-order valence-corrected chi connectivity index (χ1v) is 8.55. The maximum Gasteiger partial charge on any atom is 0.350 e. The van der Waals surface area contributed by atoms with Crippen LogP contribution < -0.4 is 11.3 Å². The van der Waals surface area contributed by atoms with Crippen LogP contribution in [0.2, 0.25) is 0 Å². The van der Waals surface area contributed by atoms with E-state index in [-0.39, 0.29) is 5.56 Å². The van der Waals surface area contributed by atoms with Crippen molar-refractivity contribution in [3.05, 3.63) is 26.9 Å². The number of ether oxygens (including phenoxy) is 1. The number of fused-ring (bicyclic) bond motifs is 1. The van der Waals surface area contributed by atoms with Crippen molar-refractivity contribution >= 4 is 33.2 Å². The zero-order valence-electron chi connectivity index (χ0n) is 13.2. The third-order valence-corrected chi connectivity index (χ3v) is 4.86. The number of nitrogens with two attached hydrogens (primary N) is 1. The number of aromatic nitrogens is 1. The van der Waals surface area contributed by atoms with Crippen molar-refractivity contribution in [2.24, 2.45) is 0 Å². The smallest absolute Gasteiger partial charge is 0.350 e. The lowest BCUT2D eigenvalue weighted by Gasteiger charge is -2.26. The first-order chi connectivity index (χ1) is 10.6. The van der Waals surface area contributed by atoms with Crippen molar-refractivity contribution in [1.82, 2.24) is 4.98 Å². The summed E-state index contributed by atoms with van der Waals surface area (Å²) in [5.41, 5.74) is 7.39. The number of thiophene rings is 1. The van der Waals surface area contributed by atoms with Gasteiger partial charge in [-0.25, -0.2) is 4.79 Å². The fraction of sp³-hybridized carbons (Fsp3) is 0.500. The minimum Gasteiger partial charge on any atom is -0.462 e. The van der Waals surface area contributed by atoms with Crippen LogP contribution in [0.3, 0.4) is 0 Å². The van der Waals surface area contributed by atoms with E-state index in [0.29, 0.717) is 27.9 Å². The van der Waals surface area contributed by atoms with E-state index in [1.807, 2.05) is 13.8 Å². The molecule has 2 heterocycles. The summed E-state index contributed by atoms with van der Waals surface area (Å²) in [5, 5.41) is 0.822. The van der Waals surface area contributed by atoms with Gasteiger partial charge in [0.25, 0.3) is 0 Å². The van der Waals surface area contributed by atoms with E-state index in [4.69, 9.17) is 10.5 Å². The molecule has 3 N–H and O–H groups in total. The number of H-pyrrole nitrogens is 1. The van der Waals surface area contributed by atoms with Gasteiger partial charge in [-0.1, -0.05) is 20.3 Å². The van der Waals surface area contributed by atoms with Gasteiger partial charge in [0.2, 0.25) is 5.56 Å². The van der Waals surface area contributed by atoms with Crippen LogP contribution in [-0.2, 0) is 4.74 Å². The van der Waals surface area contributed by atoms with Crippen molar-refractivity contribution in [2.75, 3.05) is 12.3 Å². The molecule has 0 unspecified atom stereocenters. The lowest BCUT2D eigenvalue weighted by molar-refractivity contribution is 0.0533. The van der Waals surface area contributed by atoms with E-state index in [1.165, 1.54) is 17.8 Å². The highest BCUT2D eigenvalue weighted by Crippen LogP contribution is 2.43. The lowest BCUT2D eigenvalue weighted by Crippen LogP contribution is -2.14. The van der Waals surface area contributed by atoms with Crippen molar-refractivity contribution in [1.29, 1.82) is 0 Å². The number of rotatable bonds is 3. The maximum absolute atomic E-state index is 11.9. The molecule has 3 rings (SSSR count). The largest absolute Gasteiger partial charge is 0.462 e. The normalized spacial score (nSPS) is 14.1. The molecular weight excluding hydrogens is 300 g/mol. The van der Waals surface area contributed by atoms with Crippen molar-refractivity contribution in [3.63, 3.8) is 0 Å². The fourth-order valence-corrected chi connectivity index (χ4v) is 3.61. The second kappa shape index (κ2) is 6.96. The van der Waals surface area contributed by atoms with Gasteiger partial charge in [-0.05, 0) is 31.2 Å². The summed E-state index contributed by atoms with van der Waals surface area (Å²) in [4.78, 5) is 27.5. The summed E-state index contributed by atoms with van der Waals surface area (Å²) in [6.07, 6.45) is 3.32. The van der Waals surface area contributed by atoms with E-state index in [9.17, 15) is 9.59 Å². The van der Waals surface area contributed by atoms with Crippen LogP contribution in [0, 0.1) is 0 Å². The van der Waals surface area contributed by atoms with Gasteiger partial charge in [-0.3, -0.25) is 4.79 Å². The van der Waals surface area contributed by atoms with E-state index in [0.717, 1.165) is 23.8 Å². The van der Waals surface area contributed by atoms with Crippen LogP contribution >= 0.6 is 11.3 Å². The Morgan fingerprint density at radius 1 is 1.45 bits per heavy atom. The molecule has 0 bridgehead atoms. The van der Waals surface area contributed by atoms with Gasteiger partial charge in [-0.2, -0.15) is 0 Å². The van der Waals surface area contributed by atoms with Gasteiger partial charge in [-0.15, -0.1) is 11.3 Å². The third kappa shape index (κ3) is 2.88. The van der Waals surface area contributed by atoms with Crippen LogP contribution in [0.25, 0.3) is 10.2 Å². The standard InChI is InChI=1S/C14H16N2O3S.C2H6/c1-2-19-14(18)12-11(15)10-8(7-4-3-5-7)6-9(17)16-13(10)20-12;1-2/h6-7H,2-5,15H2,1H3,(H,16,17);1-2H3. The van der Waals surface area contributed by atoms with Gasteiger partial charge < -0.3 is 15.5 Å². The van der Waals surface area contributed by atoms with Crippen molar-refractivity contribution in [2.45, 2.75) is 46.0 Å². The Labute approximate surface area is 133 Å². The maximum atomic E-state index is 11.9. The second-order valence-corrected chi connectivity index (χ2v) is 6.01. The summed E-state index contributed by atoms with van der Waals surface area (Å²) in [7, 11) is 0. The molecule has 0 amide bonds. The molecular formula is C16H22N2O3S. The van der Waals surface area contributed by atoms with Crippen LogP contribution in [0.5, 0.6) is 0 Å². The van der Waals surface area contributed by atoms with E-state index < -0.39 is 5.97 Å². The molecule has 1 aliphatic carbocycles. The van der Waals surface area contributed by atoms with Crippen LogP contribution in [0.1, 0.15) is 61.2 Å². The lowest BCUT2D eigenvalue weighted by atomic mass is 9.79. The zero-order valence-corrected chi connectivity index (χ0v) is 14.0. The highest BCUT2D eigenvalue weighted by Gasteiger charge is 2.26. The Morgan fingerprint density at radius 3 is 2.68 bits per heavy atom. The SMILES string of the molecule is CC.CCOC(=O)c1sc2[nH]c(=O)cc(C3CCC3)c2c1N. The molecule has 2 aromatic heterocycles. The minimum atomic E-state index is -0.424. The predicted octanol–water partition coefficient (Wildman–Crippen LogP) is 3.64. The number of esters is 1. The molecule has 0 saturated heterocycles. The van der Waals surface area contributed by atoms with Crippen molar-refractivity contribution < 1.29 is 9.53 Å². The fourth-order valence-electron chi connectivity index (χ4n) is 2.57. The molecule has 1 fully saturated rings. The second-order valence-electron chi connectivity index (χ2n) is 4.99. The van der Waals surface area contributed by atoms with Gasteiger partial charge in [0.1, 0.15) is 9.71 Å². The summed E-state index contributed by atoms with van der Waals surface area (Å²) < 4.78 is 5.01. The number of carbonyl (C=O) groups is 1. The molecule has 0 spiro atoms. The molecule has 1 saturated carbocycles. The Kier molecular flexibility index (Phi) is 5.24. The first kappa shape index (κ1) is 16.5. The molecule has 0 radical (unpaired) electrons. The topological polar surface area (TPSA) is 85.2 Å². The average molecular weight is 322 g/mol. The number of hydrogen-bond donors (Lipinski definition) is 2. The number of pyridine rings is 1. The molecule has 0 atom stereocenters. The molecule has 1 aliphatic rings. The molecule has 6 heteroatoms. The van der Waals surface area contributed by atoms with Crippen LogP contribution in [0.15, 0.2) is 10.9 Å². The number of nitrogen functional groups attached to an aromatic ring is 1. The molecule has 120 valence electrons. The quantitative estimate of drug-likeness (QED) is 0.845. The van der Waals surface area contributed by atoms with Crippen LogP contribution in [-0.4, -0.2) is 17.6 Å². The average Bonchev–Trinajstić information content (AvgIpc) is 2.76. The Hall–Kier alpha value is -1.82. The molecule has 0 aromatic carbocycles. The third-order valence-electron chi connectivity index (χ3n) is 3.76. The van der Waals surface area contributed by atoms with Crippen LogP contribution in [0.4, 0.5) is 5.69 Å². The summed E-state index contributed by atoms with van der Waals surface area (Å²) >= 11 is 1.20. The van der Waals surface area contributed by atoms with Gasteiger partial charge in [0, 0.05) is 11.5 Å². The molecule has 22 heavy (non-hydrogen) atoms.